The number of piperazine rings is 1. The Morgan fingerprint density at radius 3 is 2.46 bits per heavy atom. The van der Waals surface area contributed by atoms with Gasteiger partial charge in [0.2, 0.25) is 5.91 Å². The fourth-order valence-corrected chi connectivity index (χ4v) is 5.95. The molecule has 3 aliphatic rings. The number of nitrogens with one attached hydrogen (secondary N) is 1. The zero-order chi connectivity index (χ0) is 27.7. The van der Waals surface area contributed by atoms with Crippen LogP contribution >= 0.6 is 0 Å². The van der Waals surface area contributed by atoms with Gasteiger partial charge in [0.25, 0.3) is 0 Å². The lowest BCUT2D eigenvalue weighted by Gasteiger charge is -2.37. The van der Waals surface area contributed by atoms with Crippen molar-refractivity contribution < 1.29 is 9.59 Å². The van der Waals surface area contributed by atoms with E-state index in [1.165, 1.54) is 22.1 Å². The van der Waals surface area contributed by atoms with E-state index < -0.39 is 11.2 Å². The van der Waals surface area contributed by atoms with Gasteiger partial charge in [-0.25, -0.2) is 9.59 Å². The molecule has 0 bridgehead atoms. The van der Waals surface area contributed by atoms with Crippen LogP contribution in [0.1, 0.15) is 37.8 Å². The number of hydrogen-bond acceptors (Lipinski definition) is 7. The number of rotatable bonds is 5. The molecule has 1 aromatic heterocycles. The molecular weight excluding hydrogens is 496 g/mol. The van der Waals surface area contributed by atoms with Crippen molar-refractivity contribution in [1.82, 2.24) is 24.3 Å². The number of hydrogen-bond donors (Lipinski definition) is 3. The Balaban J connectivity index is 1.19. The van der Waals surface area contributed by atoms with Crippen LogP contribution in [0.25, 0.3) is 5.69 Å². The molecule has 2 aliphatic heterocycles. The fraction of sp³-hybridized carbons (Fsp3) is 0.571. The fourth-order valence-electron chi connectivity index (χ4n) is 5.95. The van der Waals surface area contributed by atoms with Crippen molar-refractivity contribution in [2.45, 2.75) is 51.1 Å². The Bertz CT molecular complexity index is 1280. The minimum Gasteiger partial charge on any atom is -0.338 e. The van der Waals surface area contributed by atoms with E-state index in [0.717, 1.165) is 44.6 Å². The standard InChI is InChI=1S/C28H40N8O3/c1-28(2,30)25(37)33-11-13-34(14-12-33)26(38)31-24-8-10-36(27(39)32-24)23-6-4-20-15-22(5-3-21(20)16-23)35-9-7-19(17-29)18-35/h4,6,8,10,16,19,22H,3,5,7,9,11-15,17-18,29-30H2,1-2H3,(H,31,32,38,39). The summed E-state index contributed by atoms with van der Waals surface area (Å²) in [6.07, 6.45) is 5.96. The van der Waals surface area contributed by atoms with Crippen LogP contribution in [-0.2, 0) is 17.6 Å². The Hall–Kier alpha value is -3.28. The molecule has 5 N–H and O–H groups in total. The highest BCUT2D eigenvalue weighted by Crippen LogP contribution is 2.29. The monoisotopic (exact) mass is 536 g/mol. The number of benzene rings is 1. The molecule has 0 spiro atoms. The van der Waals surface area contributed by atoms with Gasteiger partial charge >= 0.3 is 11.7 Å². The number of carbonyl (C=O) groups is 2. The summed E-state index contributed by atoms with van der Waals surface area (Å²) in [6, 6.07) is 8.03. The first-order chi connectivity index (χ1) is 18.6. The average Bonchev–Trinajstić information content (AvgIpc) is 3.41. The van der Waals surface area contributed by atoms with E-state index in [9.17, 15) is 14.4 Å². The van der Waals surface area contributed by atoms with Gasteiger partial charge in [0.05, 0.1) is 11.2 Å². The molecular formula is C28H40N8O3. The molecule has 3 heterocycles. The molecule has 1 aromatic carbocycles. The summed E-state index contributed by atoms with van der Waals surface area (Å²) in [5, 5.41) is 2.72. The van der Waals surface area contributed by atoms with Crippen LogP contribution in [0.5, 0.6) is 0 Å². The molecule has 210 valence electrons. The Labute approximate surface area is 229 Å². The predicted octanol–water partition coefficient (Wildman–Crippen LogP) is 0.784. The lowest BCUT2D eigenvalue weighted by molar-refractivity contribution is -0.137. The maximum atomic E-state index is 12.9. The van der Waals surface area contributed by atoms with Crippen LogP contribution in [0.2, 0.25) is 0 Å². The molecule has 5 rings (SSSR count). The number of amides is 3. The molecule has 2 saturated heterocycles. The van der Waals surface area contributed by atoms with E-state index in [1.54, 1.807) is 35.9 Å². The van der Waals surface area contributed by atoms with Crippen LogP contribution < -0.4 is 22.5 Å². The van der Waals surface area contributed by atoms with Crippen molar-refractivity contribution in [3.8, 4) is 5.69 Å². The van der Waals surface area contributed by atoms with Crippen LogP contribution in [0.3, 0.4) is 0 Å². The van der Waals surface area contributed by atoms with Crippen molar-refractivity contribution in [3.63, 3.8) is 0 Å². The second-order valence-electron chi connectivity index (χ2n) is 11.6. The number of aryl methyl sites for hydroxylation is 1. The molecule has 2 aromatic rings. The van der Waals surface area contributed by atoms with E-state index in [-0.39, 0.29) is 17.8 Å². The number of fused-ring (bicyclic) bond motifs is 1. The molecule has 2 atom stereocenters. The number of nitrogens with two attached hydrogens (primary N) is 2. The van der Waals surface area contributed by atoms with Crippen molar-refractivity contribution in [1.29, 1.82) is 0 Å². The third-order valence-electron chi connectivity index (χ3n) is 8.28. The Kier molecular flexibility index (Phi) is 7.75. The van der Waals surface area contributed by atoms with Crippen molar-refractivity contribution in [3.05, 3.63) is 52.1 Å². The molecule has 3 amide bonds. The Morgan fingerprint density at radius 1 is 1.05 bits per heavy atom. The summed E-state index contributed by atoms with van der Waals surface area (Å²) in [6.45, 7) is 7.93. The molecule has 0 radical (unpaired) electrons. The van der Waals surface area contributed by atoms with Crippen molar-refractivity contribution in [2.24, 2.45) is 17.4 Å². The minimum absolute atomic E-state index is 0.137. The van der Waals surface area contributed by atoms with Crippen LogP contribution in [0, 0.1) is 5.92 Å². The molecule has 11 heteroatoms. The van der Waals surface area contributed by atoms with Crippen LogP contribution in [-0.4, -0.2) is 93.6 Å². The summed E-state index contributed by atoms with van der Waals surface area (Å²) in [5.74, 6) is 0.679. The van der Waals surface area contributed by atoms with Gasteiger partial charge < -0.3 is 21.3 Å². The third-order valence-corrected chi connectivity index (χ3v) is 8.28. The maximum Gasteiger partial charge on any atom is 0.354 e. The van der Waals surface area contributed by atoms with Crippen molar-refractivity contribution in [2.75, 3.05) is 51.1 Å². The maximum absolute atomic E-state index is 12.9. The van der Waals surface area contributed by atoms with Gasteiger partial charge in [0, 0.05) is 45.0 Å². The van der Waals surface area contributed by atoms with Gasteiger partial charge in [0.15, 0.2) is 0 Å². The van der Waals surface area contributed by atoms with E-state index in [2.05, 4.69) is 27.3 Å². The molecule has 39 heavy (non-hydrogen) atoms. The number of carbonyl (C=O) groups excluding carboxylic acids is 2. The summed E-state index contributed by atoms with van der Waals surface area (Å²) >= 11 is 0. The number of urea groups is 1. The normalized spacial score (nSPS) is 22.1. The molecule has 0 saturated carbocycles. The Morgan fingerprint density at radius 2 is 1.79 bits per heavy atom. The van der Waals surface area contributed by atoms with E-state index in [1.807, 2.05) is 6.07 Å². The quantitative estimate of drug-likeness (QED) is 0.513. The lowest BCUT2D eigenvalue weighted by atomic mass is 9.87. The van der Waals surface area contributed by atoms with Gasteiger partial charge in [-0.15, -0.1) is 0 Å². The highest BCUT2D eigenvalue weighted by molar-refractivity contribution is 5.89. The van der Waals surface area contributed by atoms with E-state index in [0.29, 0.717) is 38.1 Å². The summed E-state index contributed by atoms with van der Waals surface area (Å²) in [7, 11) is 0. The molecule has 2 unspecified atom stereocenters. The van der Waals surface area contributed by atoms with Gasteiger partial charge in [-0.05, 0) is 87.9 Å². The van der Waals surface area contributed by atoms with Crippen LogP contribution in [0.15, 0.2) is 35.3 Å². The molecule has 11 nitrogen and oxygen atoms in total. The zero-order valence-electron chi connectivity index (χ0n) is 22.9. The van der Waals surface area contributed by atoms with Gasteiger partial charge in [-0.3, -0.25) is 19.6 Å². The molecule has 1 aliphatic carbocycles. The second-order valence-corrected chi connectivity index (χ2v) is 11.6. The summed E-state index contributed by atoms with van der Waals surface area (Å²) in [5.41, 5.74) is 13.8. The first-order valence-corrected chi connectivity index (χ1v) is 13.9. The van der Waals surface area contributed by atoms with Crippen LogP contribution in [0.4, 0.5) is 10.6 Å². The molecule has 2 fully saturated rings. The van der Waals surface area contributed by atoms with Gasteiger partial charge in [0.1, 0.15) is 5.82 Å². The average molecular weight is 537 g/mol. The first kappa shape index (κ1) is 27.3. The largest absolute Gasteiger partial charge is 0.354 e. The lowest BCUT2D eigenvalue weighted by Crippen LogP contribution is -2.58. The number of anilines is 1. The number of nitrogens with zero attached hydrogens (tertiary/aromatic N) is 5. The smallest absolute Gasteiger partial charge is 0.338 e. The SMILES string of the molecule is CC(C)(N)C(=O)N1CCN(C(=O)Nc2ccn(-c3ccc4c(c3)CCC(N3CCC(CN)C3)C4)c(=O)n2)CC1. The van der Waals surface area contributed by atoms with Gasteiger partial charge in [-0.2, -0.15) is 4.98 Å². The van der Waals surface area contributed by atoms with E-state index >= 15 is 0 Å². The zero-order valence-corrected chi connectivity index (χ0v) is 22.9. The summed E-state index contributed by atoms with van der Waals surface area (Å²) < 4.78 is 1.51. The second kappa shape index (κ2) is 11.1. The third kappa shape index (κ3) is 6.00. The number of likely N-dealkylation sites (tertiary alicyclic amines) is 1. The highest BCUT2D eigenvalue weighted by atomic mass is 16.2. The minimum atomic E-state index is -0.943. The van der Waals surface area contributed by atoms with Crippen molar-refractivity contribution >= 4 is 17.8 Å². The highest BCUT2D eigenvalue weighted by Gasteiger charge is 2.32. The first-order valence-electron chi connectivity index (χ1n) is 13.9. The van der Waals surface area contributed by atoms with Gasteiger partial charge in [-0.1, -0.05) is 6.07 Å². The predicted molar refractivity (Wildman–Crippen MR) is 150 cm³/mol. The summed E-state index contributed by atoms with van der Waals surface area (Å²) in [4.78, 5) is 48.0. The van der Waals surface area contributed by atoms with E-state index in [4.69, 9.17) is 11.5 Å². The number of aromatic nitrogens is 2. The topological polar surface area (TPSA) is 143 Å².